The van der Waals surface area contributed by atoms with Gasteiger partial charge in [0.15, 0.2) is 11.6 Å². The van der Waals surface area contributed by atoms with Gasteiger partial charge in [-0.3, -0.25) is 9.59 Å². The molecule has 0 aromatic heterocycles. The Kier molecular flexibility index (Phi) is 4.09. The van der Waals surface area contributed by atoms with Gasteiger partial charge in [-0.1, -0.05) is 0 Å². The molecular weight excluding hydrogens is 254 g/mol. The van der Waals surface area contributed by atoms with E-state index in [1.54, 1.807) is 0 Å². The first-order valence-corrected chi connectivity index (χ1v) is 6.09. The van der Waals surface area contributed by atoms with E-state index < -0.39 is 17.5 Å². The van der Waals surface area contributed by atoms with Gasteiger partial charge in [-0.15, -0.1) is 0 Å². The summed E-state index contributed by atoms with van der Waals surface area (Å²) in [6, 6.07) is 3.12. The van der Waals surface area contributed by atoms with E-state index in [-0.39, 0.29) is 18.1 Å². The molecule has 19 heavy (non-hydrogen) atoms. The van der Waals surface area contributed by atoms with Crippen LogP contribution in [0, 0.1) is 11.6 Å². The number of piperidine rings is 1. The quantitative estimate of drug-likeness (QED) is 0.910. The van der Waals surface area contributed by atoms with Gasteiger partial charge in [-0.25, -0.2) is 8.78 Å². The Bertz CT molecular complexity index is 505. The maximum Gasteiger partial charge on any atom is 0.243 e. The summed E-state index contributed by atoms with van der Waals surface area (Å²) in [6.07, 6.45) is 2.18. The van der Waals surface area contributed by atoms with Crippen LogP contribution in [0.3, 0.4) is 0 Å². The van der Waals surface area contributed by atoms with Crippen molar-refractivity contribution in [2.75, 3.05) is 18.4 Å². The van der Waals surface area contributed by atoms with Crippen LogP contribution in [0.25, 0.3) is 0 Å². The van der Waals surface area contributed by atoms with Crippen molar-refractivity contribution in [3.63, 3.8) is 0 Å². The molecule has 1 heterocycles. The highest BCUT2D eigenvalue weighted by Crippen LogP contribution is 2.14. The monoisotopic (exact) mass is 268 g/mol. The van der Waals surface area contributed by atoms with Gasteiger partial charge in [-0.2, -0.15) is 0 Å². The van der Waals surface area contributed by atoms with Gasteiger partial charge < -0.3 is 10.2 Å². The maximum absolute atomic E-state index is 13.0. The Labute approximate surface area is 109 Å². The number of rotatable bonds is 3. The number of hydrogen-bond donors (Lipinski definition) is 1. The Morgan fingerprint density at radius 2 is 2.05 bits per heavy atom. The van der Waals surface area contributed by atoms with Crippen molar-refractivity contribution < 1.29 is 18.4 Å². The molecule has 6 heteroatoms. The molecule has 1 fully saturated rings. The maximum atomic E-state index is 13.0. The lowest BCUT2D eigenvalue weighted by Crippen LogP contribution is -2.40. The van der Waals surface area contributed by atoms with Crippen molar-refractivity contribution in [2.24, 2.45) is 0 Å². The summed E-state index contributed by atoms with van der Waals surface area (Å²) < 4.78 is 25.7. The summed E-state index contributed by atoms with van der Waals surface area (Å²) in [7, 11) is 0. The average molecular weight is 268 g/mol. The van der Waals surface area contributed by atoms with Crippen molar-refractivity contribution in [1.29, 1.82) is 0 Å². The Morgan fingerprint density at radius 3 is 2.74 bits per heavy atom. The van der Waals surface area contributed by atoms with Crippen molar-refractivity contribution in [1.82, 2.24) is 4.90 Å². The van der Waals surface area contributed by atoms with E-state index in [9.17, 15) is 18.4 Å². The highest BCUT2D eigenvalue weighted by atomic mass is 19.2. The lowest BCUT2D eigenvalue weighted by atomic mass is 10.1. The molecule has 0 atom stereocenters. The molecule has 2 rings (SSSR count). The van der Waals surface area contributed by atoms with E-state index >= 15 is 0 Å². The number of benzene rings is 1. The molecule has 2 amide bonds. The standard InChI is InChI=1S/C13H14F2N2O2/c14-10-5-4-9(7-11(10)15)16-12(18)8-17-6-2-1-3-13(17)19/h4-5,7H,1-3,6,8H2,(H,16,18). The van der Waals surface area contributed by atoms with Gasteiger partial charge >= 0.3 is 0 Å². The van der Waals surface area contributed by atoms with Gasteiger partial charge in [-0.05, 0) is 25.0 Å². The van der Waals surface area contributed by atoms with Crippen LogP contribution in [0.4, 0.5) is 14.5 Å². The van der Waals surface area contributed by atoms with Gasteiger partial charge in [0.05, 0.1) is 6.54 Å². The lowest BCUT2D eigenvalue weighted by Gasteiger charge is -2.25. The van der Waals surface area contributed by atoms with E-state index in [1.165, 1.54) is 11.0 Å². The molecule has 0 unspecified atom stereocenters. The van der Waals surface area contributed by atoms with E-state index in [0.29, 0.717) is 13.0 Å². The number of hydrogen-bond acceptors (Lipinski definition) is 2. The Balaban J connectivity index is 1.93. The van der Waals surface area contributed by atoms with E-state index in [2.05, 4.69) is 5.32 Å². The fourth-order valence-electron chi connectivity index (χ4n) is 1.98. The minimum atomic E-state index is -1.02. The highest BCUT2D eigenvalue weighted by molar-refractivity contribution is 5.94. The number of halogens is 2. The summed E-state index contributed by atoms with van der Waals surface area (Å²) in [4.78, 5) is 24.7. The number of carbonyl (C=O) groups is 2. The highest BCUT2D eigenvalue weighted by Gasteiger charge is 2.20. The second kappa shape index (κ2) is 5.77. The first kappa shape index (κ1) is 13.5. The smallest absolute Gasteiger partial charge is 0.243 e. The van der Waals surface area contributed by atoms with Crippen molar-refractivity contribution >= 4 is 17.5 Å². The van der Waals surface area contributed by atoms with Gasteiger partial charge in [0.2, 0.25) is 11.8 Å². The number of amides is 2. The predicted octanol–water partition coefficient (Wildman–Crippen LogP) is 1.92. The molecule has 0 bridgehead atoms. The number of carbonyl (C=O) groups excluding carboxylic acids is 2. The van der Waals surface area contributed by atoms with Crippen LogP contribution in [-0.4, -0.2) is 29.8 Å². The zero-order valence-corrected chi connectivity index (χ0v) is 10.3. The topological polar surface area (TPSA) is 49.4 Å². The fourth-order valence-corrected chi connectivity index (χ4v) is 1.98. The molecule has 102 valence electrons. The molecule has 1 aromatic carbocycles. The first-order valence-electron chi connectivity index (χ1n) is 6.09. The van der Waals surface area contributed by atoms with Crippen LogP contribution in [0.5, 0.6) is 0 Å². The average Bonchev–Trinajstić information content (AvgIpc) is 2.37. The normalized spacial score (nSPS) is 15.5. The van der Waals surface area contributed by atoms with Gasteiger partial charge in [0, 0.05) is 24.7 Å². The molecule has 0 radical (unpaired) electrons. The van der Waals surface area contributed by atoms with E-state index in [0.717, 1.165) is 25.0 Å². The molecule has 1 saturated heterocycles. The molecule has 0 saturated carbocycles. The molecule has 0 aliphatic carbocycles. The van der Waals surface area contributed by atoms with Crippen LogP contribution in [0.15, 0.2) is 18.2 Å². The van der Waals surface area contributed by atoms with Crippen LogP contribution in [0.2, 0.25) is 0 Å². The number of nitrogens with zero attached hydrogens (tertiary/aromatic N) is 1. The van der Waals surface area contributed by atoms with Gasteiger partial charge in [0.1, 0.15) is 0 Å². The van der Waals surface area contributed by atoms with Crippen LogP contribution >= 0.6 is 0 Å². The zero-order chi connectivity index (χ0) is 13.8. The summed E-state index contributed by atoms with van der Waals surface area (Å²) in [5, 5.41) is 2.44. The van der Waals surface area contributed by atoms with Gasteiger partial charge in [0.25, 0.3) is 0 Å². The van der Waals surface area contributed by atoms with Crippen molar-refractivity contribution in [3.8, 4) is 0 Å². The summed E-state index contributed by atoms with van der Waals surface area (Å²) in [5.41, 5.74) is 0.174. The summed E-state index contributed by atoms with van der Waals surface area (Å²) >= 11 is 0. The molecule has 0 spiro atoms. The molecule has 1 aliphatic rings. The zero-order valence-electron chi connectivity index (χ0n) is 10.3. The minimum Gasteiger partial charge on any atom is -0.333 e. The predicted molar refractivity (Wildman–Crippen MR) is 65.4 cm³/mol. The minimum absolute atomic E-state index is 0.0494. The molecule has 1 N–H and O–H groups in total. The molecular formula is C13H14F2N2O2. The third-order valence-electron chi connectivity index (χ3n) is 2.96. The van der Waals surface area contributed by atoms with E-state index in [1.807, 2.05) is 0 Å². The third-order valence-corrected chi connectivity index (χ3v) is 2.96. The second-order valence-electron chi connectivity index (χ2n) is 4.45. The lowest BCUT2D eigenvalue weighted by molar-refractivity contribution is -0.136. The fraction of sp³-hybridized carbons (Fsp3) is 0.385. The molecule has 1 aromatic rings. The summed E-state index contributed by atoms with van der Waals surface area (Å²) in [6.45, 7) is 0.502. The van der Waals surface area contributed by atoms with Crippen molar-refractivity contribution in [3.05, 3.63) is 29.8 Å². The number of anilines is 1. The van der Waals surface area contributed by atoms with Crippen LogP contribution < -0.4 is 5.32 Å². The largest absolute Gasteiger partial charge is 0.333 e. The molecule has 4 nitrogen and oxygen atoms in total. The van der Waals surface area contributed by atoms with Crippen LogP contribution in [0.1, 0.15) is 19.3 Å². The summed E-state index contributed by atoms with van der Waals surface area (Å²) in [5.74, 6) is -2.45. The Morgan fingerprint density at radius 1 is 1.26 bits per heavy atom. The second-order valence-corrected chi connectivity index (χ2v) is 4.45. The first-order chi connectivity index (χ1) is 9.06. The third kappa shape index (κ3) is 3.49. The SMILES string of the molecule is O=C(CN1CCCCC1=O)Nc1ccc(F)c(F)c1. The van der Waals surface area contributed by atoms with Crippen molar-refractivity contribution in [2.45, 2.75) is 19.3 Å². The van der Waals surface area contributed by atoms with E-state index in [4.69, 9.17) is 0 Å². The number of nitrogens with one attached hydrogen (secondary N) is 1. The number of likely N-dealkylation sites (tertiary alicyclic amines) is 1. The molecule has 1 aliphatic heterocycles. The van der Waals surface area contributed by atoms with Crippen LogP contribution in [-0.2, 0) is 9.59 Å². The Hall–Kier alpha value is -1.98.